The number of nitro groups is 1. The third-order valence-corrected chi connectivity index (χ3v) is 3.27. The van der Waals surface area contributed by atoms with Crippen molar-refractivity contribution in [1.82, 2.24) is 4.57 Å². The van der Waals surface area contributed by atoms with E-state index in [1.807, 2.05) is 0 Å². The summed E-state index contributed by atoms with van der Waals surface area (Å²) in [6, 6.07) is 4.30. The molecular formula is C13H10Cl2N2O4. The third kappa shape index (κ3) is 3.53. The van der Waals surface area contributed by atoms with Gasteiger partial charge >= 0.3 is 5.97 Å². The summed E-state index contributed by atoms with van der Waals surface area (Å²) in [5.74, 6) is -0.546. The molecule has 0 aliphatic rings. The van der Waals surface area contributed by atoms with Gasteiger partial charge in [-0.05, 0) is 11.6 Å². The second-order valence-electron chi connectivity index (χ2n) is 4.26. The SMILES string of the molecule is COC(=O)c1cn(Cc2cc(Cl)cc([N+](=O)[O-])c2)cc1Cl. The number of nitro benzene ring substituents is 1. The molecular weight excluding hydrogens is 319 g/mol. The van der Waals surface area contributed by atoms with E-state index >= 15 is 0 Å². The maximum atomic E-state index is 11.5. The average molecular weight is 329 g/mol. The summed E-state index contributed by atoms with van der Waals surface area (Å²) in [7, 11) is 1.26. The normalized spacial score (nSPS) is 10.4. The topological polar surface area (TPSA) is 74.4 Å². The second kappa shape index (κ2) is 6.15. The lowest BCUT2D eigenvalue weighted by Crippen LogP contribution is -2.01. The van der Waals surface area contributed by atoms with Gasteiger partial charge in [0.2, 0.25) is 0 Å². The van der Waals surface area contributed by atoms with Gasteiger partial charge in [-0.2, -0.15) is 0 Å². The number of halogens is 2. The van der Waals surface area contributed by atoms with Crippen LogP contribution >= 0.6 is 23.2 Å². The molecule has 0 unspecified atom stereocenters. The first-order valence-corrected chi connectivity index (χ1v) is 6.53. The van der Waals surface area contributed by atoms with E-state index in [9.17, 15) is 14.9 Å². The molecule has 0 bridgehead atoms. The van der Waals surface area contributed by atoms with Gasteiger partial charge in [0.15, 0.2) is 0 Å². The van der Waals surface area contributed by atoms with Crippen LogP contribution < -0.4 is 0 Å². The Morgan fingerprint density at radius 1 is 1.33 bits per heavy atom. The first kappa shape index (κ1) is 15.3. The zero-order valence-corrected chi connectivity index (χ0v) is 12.4. The standard InChI is InChI=1S/C13H10Cl2N2O4/c1-21-13(18)11-6-16(7-12(11)15)5-8-2-9(14)4-10(3-8)17(19)20/h2-4,6-7H,5H2,1H3. The zero-order valence-electron chi connectivity index (χ0n) is 10.9. The Morgan fingerprint density at radius 3 is 2.67 bits per heavy atom. The number of carbonyl (C=O) groups is 1. The molecule has 0 aliphatic heterocycles. The Morgan fingerprint density at radius 2 is 2.05 bits per heavy atom. The average Bonchev–Trinajstić information content (AvgIpc) is 2.77. The van der Waals surface area contributed by atoms with Gasteiger partial charge in [-0.15, -0.1) is 0 Å². The molecule has 0 saturated carbocycles. The zero-order chi connectivity index (χ0) is 15.6. The van der Waals surface area contributed by atoms with Gasteiger partial charge in [0.1, 0.15) is 0 Å². The van der Waals surface area contributed by atoms with Gasteiger partial charge in [-0.3, -0.25) is 10.1 Å². The number of rotatable bonds is 4. The van der Waals surface area contributed by atoms with Gasteiger partial charge in [0, 0.05) is 36.1 Å². The number of methoxy groups -OCH3 is 1. The molecule has 0 spiro atoms. The molecule has 0 amide bonds. The molecule has 6 nitrogen and oxygen atoms in total. The van der Waals surface area contributed by atoms with Crippen molar-refractivity contribution in [3.8, 4) is 0 Å². The molecule has 0 radical (unpaired) electrons. The molecule has 21 heavy (non-hydrogen) atoms. The van der Waals surface area contributed by atoms with Crippen molar-refractivity contribution >= 4 is 34.9 Å². The Balaban J connectivity index is 2.30. The smallest absolute Gasteiger partial charge is 0.340 e. The van der Waals surface area contributed by atoms with Crippen LogP contribution in [-0.2, 0) is 11.3 Å². The molecule has 0 fully saturated rings. The number of nitrogens with zero attached hydrogens (tertiary/aromatic N) is 2. The highest BCUT2D eigenvalue weighted by Crippen LogP contribution is 2.23. The van der Waals surface area contributed by atoms with Crippen LogP contribution in [0.1, 0.15) is 15.9 Å². The maximum absolute atomic E-state index is 11.5. The van der Waals surface area contributed by atoms with Crippen LogP contribution in [0.2, 0.25) is 10.0 Å². The fraction of sp³-hybridized carbons (Fsp3) is 0.154. The van der Waals surface area contributed by atoms with Crippen molar-refractivity contribution in [3.63, 3.8) is 0 Å². The Labute approximate surface area is 130 Å². The predicted molar refractivity (Wildman–Crippen MR) is 78.0 cm³/mol. The fourth-order valence-electron chi connectivity index (χ4n) is 1.87. The summed E-state index contributed by atoms with van der Waals surface area (Å²) in [6.07, 6.45) is 3.06. The fourth-order valence-corrected chi connectivity index (χ4v) is 2.38. The summed E-state index contributed by atoms with van der Waals surface area (Å²) in [5, 5.41) is 11.3. The molecule has 8 heteroatoms. The van der Waals surface area contributed by atoms with E-state index in [4.69, 9.17) is 23.2 Å². The molecule has 1 heterocycles. The number of non-ortho nitro benzene ring substituents is 1. The van der Waals surface area contributed by atoms with E-state index in [1.54, 1.807) is 16.8 Å². The first-order valence-electron chi connectivity index (χ1n) is 5.78. The van der Waals surface area contributed by atoms with Gasteiger partial charge < -0.3 is 9.30 Å². The molecule has 1 aromatic heterocycles. The number of aromatic nitrogens is 1. The predicted octanol–water partition coefficient (Wildman–Crippen LogP) is 3.54. The quantitative estimate of drug-likeness (QED) is 0.488. The monoisotopic (exact) mass is 328 g/mol. The van der Waals surface area contributed by atoms with Gasteiger partial charge in [-0.1, -0.05) is 23.2 Å². The van der Waals surface area contributed by atoms with E-state index in [-0.39, 0.29) is 27.8 Å². The largest absolute Gasteiger partial charge is 0.465 e. The summed E-state index contributed by atoms with van der Waals surface area (Å²) < 4.78 is 6.23. The van der Waals surface area contributed by atoms with Crippen molar-refractivity contribution in [1.29, 1.82) is 0 Å². The number of benzene rings is 1. The second-order valence-corrected chi connectivity index (χ2v) is 5.10. The lowest BCUT2D eigenvalue weighted by molar-refractivity contribution is -0.384. The third-order valence-electron chi connectivity index (χ3n) is 2.75. The maximum Gasteiger partial charge on any atom is 0.340 e. The molecule has 2 rings (SSSR count). The molecule has 1 aromatic carbocycles. The van der Waals surface area contributed by atoms with Gasteiger partial charge in [0.05, 0.1) is 22.6 Å². The van der Waals surface area contributed by atoms with Crippen LogP contribution in [0.4, 0.5) is 5.69 Å². The molecule has 0 saturated heterocycles. The first-order chi connectivity index (χ1) is 9.90. The Kier molecular flexibility index (Phi) is 4.50. The summed E-state index contributed by atoms with van der Waals surface area (Å²) in [5.41, 5.74) is 0.761. The molecule has 0 N–H and O–H groups in total. The highest BCUT2D eigenvalue weighted by atomic mass is 35.5. The van der Waals surface area contributed by atoms with E-state index in [0.717, 1.165) is 0 Å². The number of hydrogen-bond acceptors (Lipinski definition) is 4. The lowest BCUT2D eigenvalue weighted by atomic mass is 10.2. The molecule has 0 atom stereocenters. The van der Waals surface area contributed by atoms with Crippen LogP contribution in [-0.4, -0.2) is 22.6 Å². The van der Waals surface area contributed by atoms with Crippen molar-refractivity contribution in [2.45, 2.75) is 6.54 Å². The van der Waals surface area contributed by atoms with Crippen molar-refractivity contribution in [2.24, 2.45) is 0 Å². The van der Waals surface area contributed by atoms with Crippen LogP contribution in [0.5, 0.6) is 0 Å². The number of esters is 1. The van der Waals surface area contributed by atoms with E-state index in [2.05, 4.69) is 4.74 Å². The Hall–Kier alpha value is -2.05. The number of carbonyl (C=O) groups excluding carboxylic acids is 1. The van der Waals surface area contributed by atoms with Crippen molar-refractivity contribution in [2.75, 3.05) is 7.11 Å². The van der Waals surface area contributed by atoms with Crippen LogP contribution in [0, 0.1) is 10.1 Å². The molecule has 2 aromatic rings. The minimum absolute atomic E-state index is 0.0936. The number of hydrogen-bond donors (Lipinski definition) is 0. The summed E-state index contributed by atoms with van der Waals surface area (Å²) in [6.45, 7) is 0.290. The van der Waals surface area contributed by atoms with Crippen LogP contribution in [0.25, 0.3) is 0 Å². The van der Waals surface area contributed by atoms with Crippen molar-refractivity contribution in [3.05, 3.63) is 61.9 Å². The number of ether oxygens (including phenoxy) is 1. The van der Waals surface area contributed by atoms with E-state index in [0.29, 0.717) is 5.56 Å². The minimum atomic E-state index is -0.546. The summed E-state index contributed by atoms with van der Waals surface area (Å²) in [4.78, 5) is 21.8. The minimum Gasteiger partial charge on any atom is -0.465 e. The summed E-state index contributed by atoms with van der Waals surface area (Å²) >= 11 is 11.8. The van der Waals surface area contributed by atoms with Crippen LogP contribution in [0.3, 0.4) is 0 Å². The van der Waals surface area contributed by atoms with Gasteiger partial charge in [0.25, 0.3) is 5.69 Å². The Bertz CT molecular complexity index is 712. The van der Waals surface area contributed by atoms with E-state index in [1.165, 1.54) is 25.4 Å². The highest BCUT2D eigenvalue weighted by molar-refractivity contribution is 6.33. The van der Waals surface area contributed by atoms with Crippen molar-refractivity contribution < 1.29 is 14.5 Å². The van der Waals surface area contributed by atoms with Crippen LogP contribution in [0.15, 0.2) is 30.6 Å². The molecule has 0 aliphatic carbocycles. The van der Waals surface area contributed by atoms with E-state index < -0.39 is 10.9 Å². The lowest BCUT2D eigenvalue weighted by Gasteiger charge is -2.04. The highest BCUT2D eigenvalue weighted by Gasteiger charge is 2.15. The van der Waals surface area contributed by atoms with Gasteiger partial charge in [-0.25, -0.2) is 4.79 Å². The molecule has 110 valence electrons.